The molecule has 5 aromatic heterocycles. The minimum absolute atomic E-state index is 0.816. The number of hydrogen-bond donors (Lipinski definition) is 0. The highest BCUT2D eigenvalue weighted by Crippen LogP contribution is 2.43. The molecule has 250 valence electrons. The summed E-state index contributed by atoms with van der Waals surface area (Å²) in [5.74, 6) is 0.816. The predicted molar refractivity (Wildman–Crippen MR) is 219 cm³/mol. The summed E-state index contributed by atoms with van der Waals surface area (Å²) in [5, 5.41) is 5.44. The van der Waals surface area contributed by atoms with E-state index in [1.165, 1.54) is 0 Å². The van der Waals surface area contributed by atoms with E-state index in [-0.39, 0.29) is 0 Å². The molecular formula is C46H28N4O2S. The van der Waals surface area contributed by atoms with E-state index in [0.717, 1.165) is 98.4 Å². The van der Waals surface area contributed by atoms with E-state index in [2.05, 4.69) is 119 Å². The van der Waals surface area contributed by atoms with Crippen molar-refractivity contribution in [3.05, 3.63) is 170 Å². The average Bonchev–Trinajstić information content (AvgIpc) is 3.89. The summed E-state index contributed by atoms with van der Waals surface area (Å²) in [6.45, 7) is 0. The quantitative estimate of drug-likeness (QED) is 0.172. The Labute approximate surface area is 307 Å². The number of aromatic nitrogens is 2. The van der Waals surface area contributed by atoms with Gasteiger partial charge >= 0.3 is 0 Å². The fourth-order valence-electron chi connectivity index (χ4n) is 7.49. The first kappa shape index (κ1) is 29.7. The molecule has 0 N–H and O–H groups in total. The highest BCUT2D eigenvalue weighted by atomic mass is 32.1. The molecule has 0 radical (unpaired) electrons. The molecule has 6 nitrogen and oxygen atoms in total. The van der Waals surface area contributed by atoms with Crippen molar-refractivity contribution in [3.63, 3.8) is 0 Å². The first-order valence-electron chi connectivity index (χ1n) is 17.5. The van der Waals surface area contributed by atoms with E-state index in [9.17, 15) is 0 Å². The van der Waals surface area contributed by atoms with Gasteiger partial charge in [0.1, 0.15) is 28.1 Å². The molecule has 6 aromatic carbocycles. The molecule has 0 saturated carbocycles. The maximum absolute atomic E-state index is 6.30. The monoisotopic (exact) mass is 700 g/mol. The Balaban J connectivity index is 1.03. The van der Waals surface area contributed by atoms with Crippen LogP contribution in [0.2, 0.25) is 0 Å². The number of fused-ring (bicyclic) bond motifs is 9. The fourth-order valence-corrected chi connectivity index (χ4v) is 8.59. The molecule has 53 heavy (non-hydrogen) atoms. The van der Waals surface area contributed by atoms with Gasteiger partial charge in [0.05, 0.1) is 27.8 Å². The Morgan fingerprint density at radius 1 is 0.377 bits per heavy atom. The van der Waals surface area contributed by atoms with Crippen LogP contribution in [0.15, 0.2) is 179 Å². The Bertz CT molecular complexity index is 2940. The lowest BCUT2D eigenvalue weighted by Gasteiger charge is -2.25. The highest BCUT2D eigenvalue weighted by molar-refractivity contribution is 7.25. The normalized spacial score (nSPS) is 11.8. The van der Waals surface area contributed by atoms with E-state index >= 15 is 0 Å². The molecular weight excluding hydrogens is 673 g/mol. The van der Waals surface area contributed by atoms with Crippen molar-refractivity contribution in [3.8, 4) is 0 Å². The summed E-state index contributed by atoms with van der Waals surface area (Å²) < 4.78 is 14.8. The highest BCUT2D eigenvalue weighted by Gasteiger charge is 2.20. The zero-order valence-electron chi connectivity index (χ0n) is 28.2. The van der Waals surface area contributed by atoms with Crippen LogP contribution >= 0.6 is 11.3 Å². The molecule has 0 aliphatic carbocycles. The first-order valence-corrected chi connectivity index (χ1v) is 18.3. The second kappa shape index (κ2) is 11.8. The van der Waals surface area contributed by atoms with Gasteiger partial charge in [-0.3, -0.25) is 9.88 Å². The molecule has 0 atom stereocenters. The lowest BCUT2D eigenvalue weighted by Crippen LogP contribution is -2.11. The lowest BCUT2D eigenvalue weighted by molar-refractivity contribution is 0.668. The molecule has 0 unspecified atom stereocenters. The Kier molecular flexibility index (Phi) is 6.62. The van der Waals surface area contributed by atoms with Gasteiger partial charge in [-0.05, 0) is 72.8 Å². The van der Waals surface area contributed by atoms with Crippen LogP contribution in [0.3, 0.4) is 0 Å². The fraction of sp³-hybridized carbons (Fsp3) is 0. The topological polar surface area (TPSA) is 58.5 Å². The summed E-state index contributed by atoms with van der Waals surface area (Å²) in [4.78, 5) is 14.5. The van der Waals surface area contributed by atoms with Crippen LogP contribution in [0.1, 0.15) is 0 Å². The molecule has 0 bridgehead atoms. The van der Waals surface area contributed by atoms with Crippen LogP contribution in [-0.2, 0) is 0 Å². The third-order valence-corrected chi connectivity index (χ3v) is 11.0. The maximum Gasteiger partial charge on any atom is 0.138 e. The number of nitrogens with zero attached hydrogens (tertiary/aromatic N) is 4. The second-order valence-electron chi connectivity index (χ2n) is 13.1. The van der Waals surface area contributed by atoms with Gasteiger partial charge < -0.3 is 13.7 Å². The minimum atomic E-state index is 0.816. The SMILES string of the molecule is c1ccc(N(c2ccc3c(c2)oc2ccccc23)c2cnc3c(c2)sc2cc(N(c4ccccc4)c4ccc5c(c4)oc4ccccc45)ncc23)cc1. The van der Waals surface area contributed by atoms with Crippen LogP contribution in [0, 0.1) is 0 Å². The van der Waals surface area contributed by atoms with E-state index < -0.39 is 0 Å². The molecule has 11 rings (SSSR count). The van der Waals surface area contributed by atoms with Gasteiger partial charge in [0.25, 0.3) is 0 Å². The number of benzene rings is 6. The molecule has 0 amide bonds. The van der Waals surface area contributed by atoms with Gasteiger partial charge in [0, 0.05) is 67.0 Å². The lowest BCUT2D eigenvalue weighted by atomic mass is 10.1. The first-order chi connectivity index (χ1) is 26.2. The minimum Gasteiger partial charge on any atom is -0.456 e. The molecule has 0 aliphatic heterocycles. The van der Waals surface area contributed by atoms with Gasteiger partial charge in [-0.1, -0.05) is 72.8 Å². The van der Waals surface area contributed by atoms with Crippen molar-refractivity contribution in [1.82, 2.24) is 9.97 Å². The standard InChI is InChI=1S/C46H28N4O2S/c1-3-11-29(12-4-1)49(31-19-21-36-34-15-7-9-17-39(34)51-41(36)23-31)33-25-44-46(48-27-33)38-28-47-45(26-43(38)53-44)50(30-13-5-2-6-14-30)32-20-22-37-35-16-8-10-18-40(35)52-42(37)24-32/h1-28H. The summed E-state index contributed by atoms with van der Waals surface area (Å²) in [6.07, 6.45) is 3.91. The van der Waals surface area contributed by atoms with Crippen LogP contribution in [-0.4, -0.2) is 9.97 Å². The van der Waals surface area contributed by atoms with Gasteiger partial charge in [0.15, 0.2) is 0 Å². The van der Waals surface area contributed by atoms with Crippen LogP contribution < -0.4 is 9.80 Å². The summed E-state index contributed by atoms with van der Waals surface area (Å²) in [7, 11) is 0. The van der Waals surface area contributed by atoms with Gasteiger partial charge in [-0.25, -0.2) is 4.98 Å². The van der Waals surface area contributed by atoms with E-state index in [0.29, 0.717) is 0 Å². The molecule has 0 aliphatic rings. The molecule has 0 saturated heterocycles. The third-order valence-electron chi connectivity index (χ3n) is 9.92. The molecule has 0 spiro atoms. The number of pyridine rings is 2. The van der Waals surface area contributed by atoms with Crippen molar-refractivity contribution in [2.75, 3.05) is 9.80 Å². The van der Waals surface area contributed by atoms with Crippen LogP contribution in [0.5, 0.6) is 0 Å². The van der Waals surface area contributed by atoms with Gasteiger partial charge in [0.2, 0.25) is 0 Å². The number of furan rings is 2. The van der Waals surface area contributed by atoms with Crippen molar-refractivity contribution < 1.29 is 8.83 Å². The van der Waals surface area contributed by atoms with E-state index in [4.69, 9.17) is 18.8 Å². The number of hydrogen-bond acceptors (Lipinski definition) is 7. The number of rotatable bonds is 6. The Hall–Kier alpha value is -6.96. The van der Waals surface area contributed by atoms with Crippen molar-refractivity contribution >= 4 is 110 Å². The zero-order valence-corrected chi connectivity index (χ0v) is 29.0. The predicted octanol–water partition coefficient (Wildman–Crippen LogP) is 13.6. The molecule has 7 heteroatoms. The molecule has 0 fully saturated rings. The van der Waals surface area contributed by atoms with Crippen molar-refractivity contribution in [2.24, 2.45) is 0 Å². The van der Waals surface area contributed by atoms with Gasteiger partial charge in [-0.2, -0.15) is 0 Å². The van der Waals surface area contributed by atoms with E-state index in [1.807, 2.05) is 60.9 Å². The number of anilines is 6. The third kappa shape index (κ3) is 4.86. The van der Waals surface area contributed by atoms with Crippen LogP contribution in [0.25, 0.3) is 64.2 Å². The second-order valence-corrected chi connectivity index (χ2v) is 14.2. The molecule has 11 aromatic rings. The van der Waals surface area contributed by atoms with Crippen molar-refractivity contribution in [2.45, 2.75) is 0 Å². The Morgan fingerprint density at radius 2 is 0.925 bits per heavy atom. The zero-order chi connectivity index (χ0) is 34.9. The number of thiophene rings is 1. The average molecular weight is 701 g/mol. The van der Waals surface area contributed by atoms with Gasteiger partial charge in [-0.15, -0.1) is 11.3 Å². The Morgan fingerprint density at radius 3 is 1.57 bits per heavy atom. The van der Waals surface area contributed by atoms with E-state index in [1.54, 1.807) is 11.3 Å². The van der Waals surface area contributed by atoms with Crippen LogP contribution in [0.4, 0.5) is 34.3 Å². The summed E-state index contributed by atoms with van der Waals surface area (Å²) >= 11 is 1.72. The number of para-hydroxylation sites is 4. The summed E-state index contributed by atoms with van der Waals surface area (Å²) in [6, 6.07) is 54.3. The summed E-state index contributed by atoms with van der Waals surface area (Å²) in [5.41, 5.74) is 9.35. The smallest absolute Gasteiger partial charge is 0.138 e. The maximum atomic E-state index is 6.30. The van der Waals surface area contributed by atoms with Crippen molar-refractivity contribution in [1.29, 1.82) is 0 Å². The molecule has 5 heterocycles. The largest absolute Gasteiger partial charge is 0.456 e.